The van der Waals surface area contributed by atoms with Gasteiger partial charge in [-0.05, 0) is 0 Å². The summed E-state index contributed by atoms with van der Waals surface area (Å²) in [5.41, 5.74) is 3.99. The Bertz CT molecular complexity index is 386. The van der Waals surface area contributed by atoms with Crippen LogP contribution in [0.5, 0.6) is 0 Å². The van der Waals surface area contributed by atoms with E-state index in [1.165, 1.54) is 0 Å². The van der Waals surface area contributed by atoms with Gasteiger partial charge >= 0.3 is 0 Å². The van der Waals surface area contributed by atoms with Gasteiger partial charge in [0, 0.05) is 12.1 Å². The van der Waals surface area contributed by atoms with E-state index in [9.17, 15) is 18.4 Å². The predicted octanol–water partition coefficient (Wildman–Crippen LogP) is 0.676. The van der Waals surface area contributed by atoms with E-state index in [0.29, 0.717) is 6.07 Å². The fraction of sp³-hybridized carbons (Fsp3) is 0.143. The summed E-state index contributed by atoms with van der Waals surface area (Å²) in [6.07, 6.45) is -2.94. The molecule has 1 aromatic rings. The number of amides is 1. The van der Waals surface area contributed by atoms with Crippen LogP contribution in [-0.4, -0.2) is 5.91 Å². The molecule has 0 saturated carbocycles. The standard InChI is InChI=1S/C7H5F2NO3/c8-6(9)4-1-3(11)2-5(13-4)7(10)12/h1-2,6H,(H2,10,12). The van der Waals surface area contributed by atoms with Gasteiger partial charge in [-0.1, -0.05) is 0 Å². The summed E-state index contributed by atoms with van der Waals surface area (Å²) in [6.45, 7) is 0. The molecule has 0 saturated heterocycles. The first-order valence-electron chi connectivity index (χ1n) is 3.23. The second-order valence-corrected chi connectivity index (χ2v) is 2.22. The average Bonchev–Trinajstić information content (AvgIpc) is 2.03. The van der Waals surface area contributed by atoms with Crippen molar-refractivity contribution in [1.29, 1.82) is 0 Å². The van der Waals surface area contributed by atoms with E-state index in [-0.39, 0.29) is 0 Å². The Morgan fingerprint density at radius 1 is 1.46 bits per heavy atom. The molecular formula is C7H5F2NO3. The molecule has 4 nitrogen and oxygen atoms in total. The van der Waals surface area contributed by atoms with Gasteiger partial charge in [-0.15, -0.1) is 0 Å². The van der Waals surface area contributed by atoms with Gasteiger partial charge in [0.25, 0.3) is 12.3 Å². The zero-order valence-electron chi connectivity index (χ0n) is 6.29. The fourth-order valence-corrected chi connectivity index (χ4v) is 0.726. The maximum atomic E-state index is 12.0. The third-order valence-electron chi connectivity index (χ3n) is 1.24. The van der Waals surface area contributed by atoms with Gasteiger partial charge < -0.3 is 10.2 Å². The van der Waals surface area contributed by atoms with E-state index in [0.717, 1.165) is 6.07 Å². The zero-order chi connectivity index (χ0) is 10.0. The lowest BCUT2D eigenvalue weighted by Crippen LogP contribution is -2.14. The highest BCUT2D eigenvalue weighted by Gasteiger charge is 2.14. The predicted molar refractivity (Wildman–Crippen MR) is 38.5 cm³/mol. The summed E-state index contributed by atoms with van der Waals surface area (Å²) < 4.78 is 28.4. The van der Waals surface area contributed by atoms with E-state index >= 15 is 0 Å². The molecule has 0 aromatic carbocycles. The van der Waals surface area contributed by atoms with Crippen LogP contribution in [0.2, 0.25) is 0 Å². The van der Waals surface area contributed by atoms with Gasteiger partial charge in [-0.2, -0.15) is 0 Å². The van der Waals surface area contributed by atoms with E-state index in [1.807, 2.05) is 0 Å². The molecule has 0 aliphatic heterocycles. The number of alkyl halides is 2. The molecule has 1 amide bonds. The molecule has 6 heteroatoms. The number of carbonyl (C=O) groups is 1. The zero-order valence-corrected chi connectivity index (χ0v) is 6.29. The lowest BCUT2D eigenvalue weighted by atomic mass is 10.3. The minimum atomic E-state index is -2.94. The Hall–Kier alpha value is -1.72. The van der Waals surface area contributed by atoms with Crippen LogP contribution in [0.1, 0.15) is 22.7 Å². The molecule has 0 unspecified atom stereocenters. The van der Waals surface area contributed by atoms with Gasteiger partial charge in [-0.3, -0.25) is 9.59 Å². The number of rotatable bonds is 2. The molecule has 0 atom stereocenters. The van der Waals surface area contributed by atoms with E-state index in [1.54, 1.807) is 0 Å². The molecule has 0 bridgehead atoms. The number of halogens is 2. The molecule has 13 heavy (non-hydrogen) atoms. The number of hydrogen-bond acceptors (Lipinski definition) is 3. The van der Waals surface area contributed by atoms with Crippen molar-refractivity contribution >= 4 is 5.91 Å². The van der Waals surface area contributed by atoms with E-state index in [2.05, 4.69) is 4.42 Å². The minimum absolute atomic E-state index is 0.567. The molecule has 1 rings (SSSR count). The summed E-state index contributed by atoms with van der Waals surface area (Å²) in [6, 6.07) is 1.37. The molecule has 0 spiro atoms. The average molecular weight is 189 g/mol. The van der Waals surface area contributed by atoms with Crippen molar-refractivity contribution in [1.82, 2.24) is 0 Å². The second kappa shape index (κ2) is 3.34. The van der Waals surface area contributed by atoms with Crippen molar-refractivity contribution in [3.05, 3.63) is 33.9 Å². The molecular weight excluding hydrogens is 184 g/mol. The highest BCUT2D eigenvalue weighted by Crippen LogP contribution is 2.17. The van der Waals surface area contributed by atoms with Crippen LogP contribution in [0.3, 0.4) is 0 Å². The van der Waals surface area contributed by atoms with Crippen molar-refractivity contribution < 1.29 is 18.0 Å². The largest absolute Gasteiger partial charge is 0.450 e. The lowest BCUT2D eigenvalue weighted by Gasteiger charge is -1.99. The first-order chi connectivity index (χ1) is 6.00. The van der Waals surface area contributed by atoms with Gasteiger partial charge in [0.1, 0.15) is 0 Å². The molecule has 0 radical (unpaired) electrons. The quantitative estimate of drug-likeness (QED) is 0.743. The third kappa shape index (κ3) is 2.11. The maximum Gasteiger partial charge on any atom is 0.295 e. The second-order valence-electron chi connectivity index (χ2n) is 2.22. The van der Waals surface area contributed by atoms with E-state index in [4.69, 9.17) is 5.73 Å². The first-order valence-corrected chi connectivity index (χ1v) is 3.23. The highest BCUT2D eigenvalue weighted by molar-refractivity contribution is 5.89. The summed E-state index contributed by atoms with van der Waals surface area (Å²) in [4.78, 5) is 21.2. The maximum absolute atomic E-state index is 12.0. The van der Waals surface area contributed by atoms with Crippen LogP contribution >= 0.6 is 0 Å². The van der Waals surface area contributed by atoms with Crippen molar-refractivity contribution in [3.63, 3.8) is 0 Å². The highest BCUT2D eigenvalue weighted by atomic mass is 19.3. The Kier molecular flexibility index (Phi) is 2.41. The number of primary amides is 1. The fourth-order valence-electron chi connectivity index (χ4n) is 0.726. The monoisotopic (exact) mass is 189 g/mol. The van der Waals surface area contributed by atoms with Crippen molar-refractivity contribution in [2.75, 3.05) is 0 Å². The van der Waals surface area contributed by atoms with Crippen LogP contribution < -0.4 is 11.2 Å². The number of nitrogens with two attached hydrogens (primary N) is 1. The van der Waals surface area contributed by atoms with Gasteiger partial charge in [0.15, 0.2) is 16.9 Å². The van der Waals surface area contributed by atoms with Crippen LogP contribution in [0.25, 0.3) is 0 Å². The van der Waals surface area contributed by atoms with Crippen molar-refractivity contribution in [3.8, 4) is 0 Å². The summed E-state index contributed by atoms with van der Waals surface area (Å²) in [7, 11) is 0. The van der Waals surface area contributed by atoms with Crippen molar-refractivity contribution in [2.24, 2.45) is 5.73 Å². The summed E-state index contributed by atoms with van der Waals surface area (Å²) in [5, 5.41) is 0. The summed E-state index contributed by atoms with van der Waals surface area (Å²) >= 11 is 0. The smallest absolute Gasteiger partial charge is 0.295 e. The molecule has 0 fully saturated rings. The van der Waals surface area contributed by atoms with E-state index < -0.39 is 29.3 Å². The lowest BCUT2D eigenvalue weighted by molar-refractivity contribution is 0.0930. The van der Waals surface area contributed by atoms with Crippen LogP contribution in [0.4, 0.5) is 8.78 Å². The summed E-state index contributed by atoms with van der Waals surface area (Å²) in [5.74, 6) is -2.48. The molecule has 1 heterocycles. The van der Waals surface area contributed by atoms with Crippen LogP contribution in [-0.2, 0) is 0 Å². The minimum Gasteiger partial charge on any atom is -0.450 e. The molecule has 1 aromatic heterocycles. The Balaban J connectivity index is 3.27. The third-order valence-corrected chi connectivity index (χ3v) is 1.24. The first kappa shape index (κ1) is 9.37. The molecule has 0 aliphatic carbocycles. The van der Waals surface area contributed by atoms with Crippen LogP contribution in [0, 0.1) is 0 Å². The van der Waals surface area contributed by atoms with Crippen molar-refractivity contribution in [2.45, 2.75) is 6.43 Å². The van der Waals surface area contributed by atoms with Gasteiger partial charge in [0.05, 0.1) is 0 Å². The van der Waals surface area contributed by atoms with Gasteiger partial charge in [0.2, 0.25) is 0 Å². The topological polar surface area (TPSA) is 73.3 Å². The molecule has 0 aliphatic rings. The number of hydrogen-bond donors (Lipinski definition) is 1. The SMILES string of the molecule is NC(=O)c1cc(=O)cc(C(F)F)o1. The molecule has 70 valence electrons. The normalized spacial score (nSPS) is 10.4. The Morgan fingerprint density at radius 2 is 2.08 bits per heavy atom. The van der Waals surface area contributed by atoms with Crippen LogP contribution in [0.15, 0.2) is 21.3 Å². The Morgan fingerprint density at radius 3 is 2.54 bits per heavy atom. The Labute approximate surface area is 71.0 Å². The number of carbonyl (C=O) groups excluding carboxylic acids is 1. The van der Waals surface area contributed by atoms with Gasteiger partial charge in [-0.25, -0.2) is 8.78 Å². The molecule has 2 N–H and O–H groups in total.